The number of Topliss-reactive ketones (excluding diaryl/α,β-unsaturated/α-hetero) is 1. The Labute approximate surface area is 95.7 Å². The van der Waals surface area contributed by atoms with Crippen molar-refractivity contribution in [1.82, 2.24) is 0 Å². The van der Waals surface area contributed by atoms with Gasteiger partial charge in [-0.1, -0.05) is 13.3 Å². The predicted octanol–water partition coefficient (Wildman–Crippen LogP) is 2.69. The lowest BCUT2D eigenvalue weighted by Crippen LogP contribution is -2.17. The Hall–Kier alpha value is -1.22. The van der Waals surface area contributed by atoms with E-state index in [9.17, 15) is 9.18 Å². The van der Waals surface area contributed by atoms with Gasteiger partial charge in [0.05, 0.1) is 0 Å². The molecule has 0 fully saturated rings. The van der Waals surface area contributed by atoms with Crippen LogP contribution in [0.15, 0.2) is 18.2 Å². The number of ketones is 1. The van der Waals surface area contributed by atoms with Gasteiger partial charge in [-0.2, -0.15) is 0 Å². The highest BCUT2D eigenvalue weighted by Gasteiger charge is 2.13. The molecule has 2 nitrogen and oxygen atoms in total. The molecule has 1 aromatic rings. The first-order valence-electron chi connectivity index (χ1n) is 5.57. The van der Waals surface area contributed by atoms with Crippen molar-refractivity contribution in [3.8, 4) is 0 Å². The Morgan fingerprint density at radius 1 is 1.50 bits per heavy atom. The van der Waals surface area contributed by atoms with E-state index < -0.39 is 0 Å². The molecule has 0 aliphatic heterocycles. The first-order chi connectivity index (χ1) is 7.58. The number of nitrogens with two attached hydrogens (primary N) is 1. The monoisotopic (exact) mass is 223 g/mol. The zero-order valence-electron chi connectivity index (χ0n) is 9.79. The molecule has 0 bridgehead atoms. The van der Waals surface area contributed by atoms with Crippen molar-refractivity contribution in [1.29, 1.82) is 0 Å². The fourth-order valence-electron chi connectivity index (χ4n) is 1.59. The standard InChI is InChI=1S/C13H18FNO/c1-3-10(8-15)7-13(16)11-4-5-12(14)9(2)6-11/h4-6,10H,3,7-8,15H2,1-2H3. The van der Waals surface area contributed by atoms with Gasteiger partial charge in [0.2, 0.25) is 0 Å². The van der Waals surface area contributed by atoms with Gasteiger partial charge in [0.1, 0.15) is 5.82 Å². The van der Waals surface area contributed by atoms with E-state index in [-0.39, 0.29) is 17.5 Å². The van der Waals surface area contributed by atoms with Gasteiger partial charge in [0.15, 0.2) is 5.78 Å². The first kappa shape index (κ1) is 12.8. The number of hydrogen-bond donors (Lipinski definition) is 1. The molecule has 2 N–H and O–H groups in total. The molecule has 1 rings (SSSR count). The van der Waals surface area contributed by atoms with Gasteiger partial charge in [0.25, 0.3) is 0 Å². The van der Waals surface area contributed by atoms with Gasteiger partial charge >= 0.3 is 0 Å². The molecule has 0 saturated heterocycles. The van der Waals surface area contributed by atoms with Crippen molar-refractivity contribution in [2.24, 2.45) is 11.7 Å². The molecule has 0 spiro atoms. The van der Waals surface area contributed by atoms with Crippen LogP contribution >= 0.6 is 0 Å². The highest BCUT2D eigenvalue weighted by atomic mass is 19.1. The molecule has 3 heteroatoms. The Balaban J connectivity index is 2.76. The summed E-state index contributed by atoms with van der Waals surface area (Å²) in [6, 6.07) is 4.47. The van der Waals surface area contributed by atoms with Gasteiger partial charge in [-0.3, -0.25) is 4.79 Å². The average Bonchev–Trinajstić information content (AvgIpc) is 2.29. The normalized spacial score (nSPS) is 12.5. The van der Waals surface area contributed by atoms with Crippen LogP contribution in [0.1, 0.15) is 35.7 Å². The quantitative estimate of drug-likeness (QED) is 0.780. The van der Waals surface area contributed by atoms with E-state index in [4.69, 9.17) is 5.73 Å². The van der Waals surface area contributed by atoms with Gasteiger partial charge in [-0.15, -0.1) is 0 Å². The van der Waals surface area contributed by atoms with E-state index in [2.05, 4.69) is 0 Å². The van der Waals surface area contributed by atoms with Crippen molar-refractivity contribution < 1.29 is 9.18 Å². The Morgan fingerprint density at radius 2 is 2.19 bits per heavy atom. The van der Waals surface area contributed by atoms with E-state index in [0.29, 0.717) is 24.1 Å². The molecule has 0 aliphatic rings. The SMILES string of the molecule is CCC(CN)CC(=O)c1ccc(F)c(C)c1. The van der Waals surface area contributed by atoms with E-state index in [1.165, 1.54) is 12.1 Å². The molecule has 0 saturated carbocycles. The van der Waals surface area contributed by atoms with Crippen LogP contribution in [0, 0.1) is 18.7 Å². The van der Waals surface area contributed by atoms with Crippen molar-refractivity contribution in [3.63, 3.8) is 0 Å². The second-order valence-corrected chi connectivity index (χ2v) is 4.10. The lowest BCUT2D eigenvalue weighted by molar-refractivity contribution is 0.0961. The fourth-order valence-corrected chi connectivity index (χ4v) is 1.59. The zero-order chi connectivity index (χ0) is 12.1. The third-order valence-electron chi connectivity index (χ3n) is 2.86. The molecule has 1 unspecified atom stereocenters. The molecule has 88 valence electrons. The van der Waals surface area contributed by atoms with E-state index in [1.807, 2.05) is 6.92 Å². The third-order valence-corrected chi connectivity index (χ3v) is 2.86. The number of halogens is 1. The van der Waals surface area contributed by atoms with Gasteiger partial charge in [-0.25, -0.2) is 4.39 Å². The number of hydrogen-bond acceptors (Lipinski definition) is 2. The molecule has 0 aliphatic carbocycles. The highest BCUT2D eigenvalue weighted by molar-refractivity contribution is 5.96. The fraction of sp³-hybridized carbons (Fsp3) is 0.462. The Morgan fingerprint density at radius 3 is 2.69 bits per heavy atom. The smallest absolute Gasteiger partial charge is 0.163 e. The molecule has 1 atom stereocenters. The maximum absolute atomic E-state index is 13.0. The van der Waals surface area contributed by atoms with Crippen LogP contribution in [0.25, 0.3) is 0 Å². The molecule has 16 heavy (non-hydrogen) atoms. The summed E-state index contributed by atoms with van der Waals surface area (Å²) in [5.41, 5.74) is 6.63. The molecular weight excluding hydrogens is 205 g/mol. The molecule has 0 heterocycles. The van der Waals surface area contributed by atoms with Crippen molar-refractivity contribution in [3.05, 3.63) is 35.1 Å². The lowest BCUT2D eigenvalue weighted by Gasteiger charge is -2.11. The number of aryl methyl sites for hydroxylation is 1. The third kappa shape index (κ3) is 3.14. The van der Waals surface area contributed by atoms with E-state index >= 15 is 0 Å². The van der Waals surface area contributed by atoms with Gasteiger partial charge < -0.3 is 5.73 Å². The van der Waals surface area contributed by atoms with Crippen LogP contribution in [0.3, 0.4) is 0 Å². The van der Waals surface area contributed by atoms with Crippen LogP contribution < -0.4 is 5.73 Å². The van der Waals surface area contributed by atoms with Gasteiger partial charge in [-0.05, 0) is 43.1 Å². The number of benzene rings is 1. The zero-order valence-corrected chi connectivity index (χ0v) is 9.79. The first-order valence-corrected chi connectivity index (χ1v) is 5.57. The predicted molar refractivity (Wildman–Crippen MR) is 62.9 cm³/mol. The summed E-state index contributed by atoms with van der Waals surface area (Å²) < 4.78 is 13.0. The molecular formula is C13H18FNO. The van der Waals surface area contributed by atoms with Crippen molar-refractivity contribution in [2.45, 2.75) is 26.7 Å². The maximum Gasteiger partial charge on any atom is 0.163 e. The van der Waals surface area contributed by atoms with Crippen LogP contribution in [-0.2, 0) is 0 Å². The number of rotatable bonds is 5. The van der Waals surface area contributed by atoms with Crippen molar-refractivity contribution in [2.75, 3.05) is 6.54 Å². The van der Waals surface area contributed by atoms with Gasteiger partial charge in [0, 0.05) is 12.0 Å². The minimum atomic E-state index is -0.276. The summed E-state index contributed by atoms with van der Waals surface area (Å²) in [5, 5.41) is 0. The molecule has 0 radical (unpaired) electrons. The van der Waals surface area contributed by atoms with Crippen LogP contribution in [0.4, 0.5) is 4.39 Å². The summed E-state index contributed by atoms with van der Waals surface area (Å²) in [7, 11) is 0. The summed E-state index contributed by atoms with van der Waals surface area (Å²) in [6.45, 7) is 4.19. The number of carbonyl (C=O) groups is 1. The summed E-state index contributed by atoms with van der Waals surface area (Å²) in [4.78, 5) is 11.9. The van der Waals surface area contributed by atoms with Crippen LogP contribution in [0.5, 0.6) is 0 Å². The minimum Gasteiger partial charge on any atom is -0.330 e. The Kier molecular flexibility index (Phi) is 4.62. The number of carbonyl (C=O) groups excluding carboxylic acids is 1. The van der Waals surface area contributed by atoms with E-state index in [1.54, 1.807) is 13.0 Å². The summed E-state index contributed by atoms with van der Waals surface area (Å²) in [5.74, 6) is -0.0133. The molecule has 1 aromatic carbocycles. The lowest BCUT2D eigenvalue weighted by atomic mass is 9.95. The van der Waals surface area contributed by atoms with Crippen molar-refractivity contribution >= 4 is 5.78 Å². The molecule has 0 amide bonds. The largest absolute Gasteiger partial charge is 0.330 e. The Bertz CT molecular complexity index is 372. The summed E-state index contributed by atoms with van der Waals surface area (Å²) in [6.07, 6.45) is 1.33. The van der Waals surface area contributed by atoms with Crippen LogP contribution in [0.2, 0.25) is 0 Å². The average molecular weight is 223 g/mol. The topological polar surface area (TPSA) is 43.1 Å². The van der Waals surface area contributed by atoms with Crippen LogP contribution in [-0.4, -0.2) is 12.3 Å². The summed E-state index contributed by atoms with van der Waals surface area (Å²) >= 11 is 0. The second-order valence-electron chi connectivity index (χ2n) is 4.10. The minimum absolute atomic E-state index is 0.0420. The highest BCUT2D eigenvalue weighted by Crippen LogP contribution is 2.15. The van der Waals surface area contributed by atoms with E-state index in [0.717, 1.165) is 6.42 Å². The molecule has 0 aromatic heterocycles. The second kappa shape index (κ2) is 5.75. The maximum atomic E-state index is 13.0.